The van der Waals surface area contributed by atoms with Gasteiger partial charge in [0, 0.05) is 13.0 Å². The van der Waals surface area contributed by atoms with Gasteiger partial charge in [0.25, 0.3) is 0 Å². The molecule has 0 aromatic carbocycles. The molecule has 0 saturated carbocycles. The van der Waals surface area contributed by atoms with E-state index in [2.05, 4.69) is 14.8 Å². The standard InChI is InChI=1S/C11H16N2O5S2/c1-8(11(15)18-2)13-9(14)5-6-12-20(16,17)10-4-3-7-19-10/h3-4,7-8,12H,5-6H2,1-2H3,(H,13,14). The van der Waals surface area contributed by atoms with Gasteiger partial charge in [-0.15, -0.1) is 11.3 Å². The summed E-state index contributed by atoms with van der Waals surface area (Å²) in [5, 5.41) is 4.06. The van der Waals surface area contributed by atoms with E-state index in [9.17, 15) is 18.0 Å². The van der Waals surface area contributed by atoms with E-state index in [0.29, 0.717) is 0 Å². The molecule has 0 aliphatic rings. The molecule has 0 saturated heterocycles. The van der Waals surface area contributed by atoms with Crippen LogP contribution in [-0.4, -0.2) is 40.0 Å². The molecular weight excluding hydrogens is 304 g/mol. The summed E-state index contributed by atoms with van der Waals surface area (Å²) in [5.41, 5.74) is 0. The molecule has 1 atom stereocenters. The molecule has 0 radical (unpaired) electrons. The van der Waals surface area contributed by atoms with E-state index in [0.717, 1.165) is 11.3 Å². The number of sulfonamides is 1. The second-order valence-electron chi connectivity index (χ2n) is 3.89. The van der Waals surface area contributed by atoms with E-state index in [-0.39, 0.29) is 17.2 Å². The minimum absolute atomic E-state index is 0.0417. The fourth-order valence-corrected chi connectivity index (χ4v) is 3.41. The fourth-order valence-electron chi connectivity index (χ4n) is 1.34. The highest BCUT2D eigenvalue weighted by atomic mass is 32.2. The number of ether oxygens (including phenoxy) is 1. The molecule has 9 heteroatoms. The monoisotopic (exact) mass is 320 g/mol. The van der Waals surface area contributed by atoms with Crippen LogP contribution in [0, 0.1) is 0 Å². The van der Waals surface area contributed by atoms with Crippen LogP contribution in [0.3, 0.4) is 0 Å². The number of carbonyl (C=O) groups is 2. The summed E-state index contributed by atoms with van der Waals surface area (Å²) >= 11 is 1.09. The van der Waals surface area contributed by atoms with Crippen molar-refractivity contribution < 1.29 is 22.7 Å². The fraction of sp³-hybridized carbons (Fsp3) is 0.455. The number of thiophene rings is 1. The van der Waals surface area contributed by atoms with Crippen molar-refractivity contribution in [1.82, 2.24) is 10.0 Å². The van der Waals surface area contributed by atoms with Crippen LogP contribution >= 0.6 is 11.3 Å². The molecule has 2 N–H and O–H groups in total. The highest BCUT2D eigenvalue weighted by Gasteiger charge is 2.17. The number of carbonyl (C=O) groups excluding carboxylic acids is 2. The Bertz CT molecular complexity index is 553. The van der Waals surface area contributed by atoms with E-state index in [1.807, 2.05) is 0 Å². The lowest BCUT2D eigenvalue weighted by atomic mass is 10.3. The van der Waals surface area contributed by atoms with E-state index in [1.54, 1.807) is 11.4 Å². The van der Waals surface area contributed by atoms with Gasteiger partial charge in [-0.1, -0.05) is 6.07 Å². The molecule has 1 unspecified atom stereocenters. The van der Waals surface area contributed by atoms with Gasteiger partial charge in [-0.3, -0.25) is 4.79 Å². The lowest BCUT2D eigenvalue weighted by Crippen LogP contribution is -2.40. The average molecular weight is 320 g/mol. The van der Waals surface area contributed by atoms with E-state index < -0.39 is 27.9 Å². The summed E-state index contributed by atoms with van der Waals surface area (Å²) in [6.45, 7) is 1.44. The second-order valence-corrected chi connectivity index (χ2v) is 6.83. The third-order valence-corrected chi connectivity index (χ3v) is 5.19. The van der Waals surface area contributed by atoms with Crippen LogP contribution in [0.4, 0.5) is 0 Å². The number of methoxy groups -OCH3 is 1. The Kier molecular flexibility index (Phi) is 6.11. The van der Waals surface area contributed by atoms with Gasteiger partial charge in [0.1, 0.15) is 10.3 Å². The zero-order valence-corrected chi connectivity index (χ0v) is 12.7. The van der Waals surface area contributed by atoms with Gasteiger partial charge >= 0.3 is 5.97 Å². The van der Waals surface area contributed by atoms with Crippen molar-refractivity contribution in [3.63, 3.8) is 0 Å². The molecule has 1 rings (SSSR count). The summed E-state index contributed by atoms with van der Waals surface area (Å²) in [4.78, 5) is 22.6. The molecule has 1 amide bonds. The Balaban J connectivity index is 2.38. The minimum Gasteiger partial charge on any atom is -0.467 e. The summed E-state index contributed by atoms with van der Waals surface area (Å²) < 4.78 is 30.5. The Morgan fingerprint density at radius 2 is 2.15 bits per heavy atom. The van der Waals surface area contributed by atoms with Crippen molar-refractivity contribution >= 4 is 33.2 Å². The first kappa shape index (κ1) is 16.6. The molecular formula is C11H16N2O5S2. The quantitative estimate of drug-likeness (QED) is 0.694. The Hall–Kier alpha value is -1.45. The predicted molar refractivity (Wildman–Crippen MR) is 73.7 cm³/mol. The summed E-state index contributed by atoms with van der Waals surface area (Å²) in [6, 6.07) is 2.34. The first-order valence-electron chi connectivity index (χ1n) is 5.77. The van der Waals surface area contributed by atoms with Crippen molar-refractivity contribution in [2.45, 2.75) is 23.6 Å². The first-order chi connectivity index (χ1) is 9.36. The number of hydrogen-bond acceptors (Lipinski definition) is 6. The largest absolute Gasteiger partial charge is 0.467 e. The third kappa shape index (κ3) is 4.91. The second kappa shape index (κ2) is 7.36. The molecule has 0 fully saturated rings. The zero-order valence-electron chi connectivity index (χ0n) is 11.1. The maximum absolute atomic E-state index is 11.7. The number of amides is 1. The lowest BCUT2D eigenvalue weighted by Gasteiger charge is -2.11. The van der Waals surface area contributed by atoms with Crippen LogP contribution in [0.2, 0.25) is 0 Å². The number of esters is 1. The number of rotatable bonds is 7. The van der Waals surface area contributed by atoms with Crippen molar-refractivity contribution in [2.75, 3.05) is 13.7 Å². The van der Waals surface area contributed by atoms with E-state index in [1.165, 1.54) is 20.1 Å². The van der Waals surface area contributed by atoms with Crippen LogP contribution in [0.25, 0.3) is 0 Å². The van der Waals surface area contributed by atoms with Crippen LogP contribution in [0.5, 0.6) is 0 Å². The summed E-state index contributed by atoms with van der Waals surface area (Å²) in [7, 11) is -2.34. The molecule has 0 aliphatic carbocycles. The van der Waals surface area contributed by atoms with Crippen molar-refractivity contribution in [3.8, 4) is 0 Å². The number of hydrogen-bond donors (Lipinski definition) is 2. The maximum Gasteiger partial charge on any atom is 0.328 e. The normalized spacial score (nSPS) is 12.7. The number of nitrogens with one attached hydrogen (secondary N) is 2. The van der Waals surface area contributed by atoms with Crippen molar-refractivity contribution in [3.05, 3.63) is 17.5 Å². The molecule has 0 aliphatic heterocycles. The highest BCUT2D eigenvalue weighted by molar-refractivity contribution is 7.91. The zero-order chi connectivity index (χ0) is 15.2. The van der Waals surface area contributed by atoms with Gasteiger partial charge in [-0.25, -0.2) is 17.9 Å². The molecule has 20 heavy (non-hydrogen) atoms. The highest BCUT2D eigenvalue weighted by Crippen LogP contribution is 2.14. The van der Waals surface area contributed by atoms with Crippen LogP contribution in [-0.2, 0) is 24.3 Å². The molecule has 112 valence electrons. The topological polar surface area (TPSA) is 102 Å². The van der Waals surface area contributed by atoms with Gasteiger partial charge in [0.2, 0.25) is 15.9 Å². The van der Waals surface area contributed by atoms with Gasteiger partial charge in [0.15, 0.2) is 0 Å². The molecule has 0 spiro atoms. The maximum atomic E-state index is 11.7. The van der Waals surface area contributed by atoms with Gasteiger partial charge in [0.05, 0.1) is 7.11 Å². The summed E-state index contributed by atoms with van der Waals surface area (Å²) in [5.74, 6) is -0.991. The SMILES string of the molecule is COC(=O)C(C)NC(=O)CCNS(=O)(=O)c1cccs1. The van der Waals surface area contributed by atoms with E-state index >= 15 is 0 Å². The van der Waals surface area contributed by atoms with Crippen LogP contribution in [0.1, 0.15) is 13.3 Å². The Morgan fingerprint density at radius 3 is 2.70 bits per heavy atom. The van der Waals surface area contributed by atoms with Crippen LogP contribution < -0.4 is 10.0 Å². The van der Waals surface area contributed by atoms with Gasteiger partial charge in [-0.05, 0) is 18.4 Å². The first-order valence-corrected chi connectivity index (χ1v) is 8.13. The average Bonchev–Trinajstić information content (AvgIpc) is 2.92. The molecule has 1 heterocycles. The van der Waals surface area contributed by atoms with Gasteiger partial charge in [-0.2, -0.15) is 0 Å². The van der Waals surface area contributed by atoms with E-state index in [4.69, 9.17) is 0 Å². The molecule has 0 bridgehead atoms. The lowest BCUT2D eigenvalue weighted by molar-refractivity contribution is -0.144. The smallest absolute Gasteiger partial charge is 0.328 e. The third-order valence-electron chi connectivity index (χ3n) is 2.34. The van der Waals surface area contributed by atoms with Gasteiger partial charge < -0.3 is 10.1 Å². The van der Waals surface area contributed by atoms with Crippen molar-refractivity contribution in [1.29, 1.82) is 0 Å². The summed E-state index contributed by atoms with van der Waals surface area (Å²) in [6.07, 6.45) is -0.0636. The predicted octanol–water partition coefficient (Wildman–Crippen LogP) is 0.0942. The van der Waals surface area contributed by atoms with Crippen LogP contribution in [0.15, 0.2) is 21.7 Å². The molecule has 1 aromatic heterocycles. The van der Waals surface area contributed by atoms with Crippen molar-refractivity contribution in [2.24, 2.45) is 0 Å². The minimum atomic E-state index is -3.57. The molecule has 7 nitrogen and oxygen atoms in total. The Morgan fingerprint density at radius 1 is 1.45 bits per heavy atom. The Labute approximate surface area is 121 Å². The molecule has 1 aromatic rings.